The zero-order valence-electron chi connectivity index (χ0n) is 26.2. The fraction of sp³-hybridized carbons (Fsp3) is 0.545. The molecule has 234 valence electrons. The molecule has 2 amide bonds. The van der Waals surface area contributed by atoms with Gasteiger partial charge in [0.15, 0.2) is 0 Å². The number of cyclic esters (lactones) is 1. The Bertz CT molecular complexity index is 1400. The SMILES string of the molecule is COCO[C@@]12C[C@@H](C(=O)O)N(C1)C(=O)[C@H](C(C)(C)C)NC(=O)OCCC(C)(C)C/C=C/c1cc3cc2ccc3cc1OC. The average Bonchev–Trinajstić information content (AvgIpc) is 3.34. The van der Waals surface area contributed by atoms with Crippen LogP contribution in [0.1, 0.15) is 65.0 Å². The number of carboxylic acids is 1. The van der Waals surface area contributed by atoms with Gasteiger partial charge in [0.2, 0.25) is 5.91 Å². The van der Waals surface area contributed by atoms with Gasteiger partial charge in [-0.25, -0.2) is 9.59 Å². The summed E-state index contributed by atoms with van der Waals surface area (Å²) in [6.07, 6.45) is 4.73. The zero-order valence-corrected chi connectivity index (χ0v) is 26.2. The highest BCUT2D eigenvalue weighted by Gasteiger charge is 2.53. The number of carbonyl (C=O) groups excluding carboxylic acids is 2. The van der Waals surface area contributed by atoms with Gasteiger partial charge in [-0.3, -0.25) is 4.79 Å². The average molecular weight is 597 g/mol. The number of aliphatic carboxylic acids is 1. The summed E-state index contributed by atoms with van der Waals surface area (Å²) in [5, 5.41) is 14.9. The van der Waals surface area contributed by atoms with E-state index in [-0.39, 0.29) is 31.8 Å². The summed E-state index contributed by atoms with van der Waals surface area (Å²) in [6.45, 7) is 9.66. The lowest BCUT2D eigenvalue weighted by Crippen LogP contribution is -2.57. The van der Waals surface area contributed by atoms with Crippen LogP contribution in [-0.2, 0) is 29.4 Å². The van der Waals surface area contributed by atoms with E-state index in [9.17, 15) is 19.5 Å². The smallest absolute Gasteiger partial charge is 0.407 e. The molecule has 0 aliphatic carbocycles. The molecule has 2 aromatic rings. The normalized spacial score (nSPS) is 25.5. The molecule has 0 spiro atoms. The van der Waals surface area contributed by atoms with Gasteiger partial charge in [-0.1, -0.05) is 58.9 Å². The van der Waals surface area contributed by atoms with Crippen LogP contribution in [0.3, 0.4) is 0 Å². The molecule has 0 unspecified atom stereocenters. The van der Waals surface area contributed by atoms with Crippen LogP contribution in [0.25, 0.3) is 16.8 Å². The van der Waals surface area contributed by atoms with Crippen molar-refractivity contribution in [1.29, 1.82) is 0 Å². The van der Waals surface area contributed by atoms with Crippen molar-refractivity contribution in [3.8, 4) is 5.75 Å². The van der Waals surface area contributed by atoms with Gasteiger partial charge in [0, 0.05) is 19.1 Å². The predicted octanol–water partition coefficient (Wildman–Crippen LogP) is 5.32. The van der Waals surface area contributed by atoms with E-state index in [4.69, 9.17) is 18.9 Å². The van der Waals surface area contributed by atoms with E-state index < -0.39 is 41.1 Å². The number of carbonyl (C=O) groups is 3. The Morgan fingerprint density at radius 3 is 2.53 bits per heavy atom. The van der Waals surface area contributed by atoms with Crippen molar-refractivity contribution in [1.82, 2.24) is 10.2 Å². The number of hydrogen-bond donors (Lipinski definition) is 2. The van der Waals surface area contributed by atoms with Crippen LogP contribution in [0, 0.1) is 10.8 Å². The predicted molar refractivity (Wildman–Crippen MR) is 163 cm³/mol. The van der Waals surface area contributed by atoms with Crippen LogP contribution in [0.2, 0.25) is 0 Å². The van der Waals surface area contributed by atoms with Crippen LogP contribution >= 0.6 is 0 Å². The molecular weight excluding hydrogens is 552 g/mol. The van der Waals surface area contributed by atoms with Gasteiger partial charge in [-0.2, -0.15) is 0 Å². The monoisotopic (exact) mass is 596 g/mol. The van der Waals surface area contributed by atoms with E-state index >= 15 is 0 Å². The van der Waals surface area contributed by atoms with Crippen molar-refractivity contribution in [2.45, 2.75) is 71.6 Å². The second-order valence-electron chi connectivity index (χ2n) is 13.3. The molecule has 3 atom stereocenters. The maximum absolute atomic E-state index is 14.1. The van der Waals surface area contributed by atoms with Crippen molar-refractivity contribution >= 4 is 34.8 Å². The molecule has 2 aliphatic rings. The van der Waals surface area contributed by atoms with Gasteiger partial charge in [-0.05, 0) is 58.2 Å². The molecule has 10 nitrogen and oxygen atoms in total. The second kappa shape index (κ2) is 12.5. The summed E-state index contributed by atoms with van der Waals surface area (Å²) >= 11 is 0. The van der Waals surface area contributed by atoms with Crippen molar-refractivity contribution in [3.63, 3.8) is 0 Å². The lowest BCUT2D eigenvalue weighted by Gasteiger charge is -2.35. The van der Waals surface area contributed by atoms with E-state index in [1.807, 2.05) is 57.2 Å². The maximum atomic E-state index is 14.1. The number of methoxy groups -OCH3 is 2. The number of allylic oxidation sites excluding steroid dienone is 1. The number of carboxylic acid groups (broad SMARTS) is 1. The van der Waals surface area contributed by atoms with E-state index in [1.165, 1.54) is 12.0 Å². The number of hydrogen-bond acceptors (Lipinski definition) is 7. The highest BCUT2D eigenvalue weighted by molar-refractivity contribution is 5.91. The fourth-order valence-electron chi connectivity index (χ4n) is 5.78. The number of ether oxygens (including phenoxy) is 4. The number of alkyl carbamates (subject to hydrolysis) is 1. The molecule has 43 heavy (non-hydrogen) atoms. The standard InChI is InChI=1S/C33H44N2O8/c1-31(2,3)27-28(36)35-19-33(43-20-40-6,18-25(35)29(37)38)24-11-10-21-17-26(41-7)22(15-23(21)16-24)9-8-12-32(4,5)13-14-42-30(39)34-27/h8-11,15-17,25,27H,12-14,18-20H2,1-7H3,(H,34,39)(H,37,38)/b9-8+/t25-,27+,33-/m0/s1. The highest BCUT2D eigenvalue weighted by Crippen LogP contribution is 2.42. The molecule has 0 saturated carbocycles. The molecule has 2 N–H and O–H groups in total. The molecule has 4 rings (SSSR count). The van der Waals surface area contributed by atoms with Gasteiger partial charge in [0.1, 0.15) is 30.2 Å². The highest BCUT2D eigenvalue weighted by atomic mass is 16.7. The minimum Gasteiger partial charge on any atom is -0.496 e. The third-order valence-electron chi connectivity index (χ3n) is 8.42. The fourth-order valence-corrected chi connectivity index (χ4v) is 5.78. The van der Waals surface area contributed by atoms with Gasteiger partial charge in [0.05, 0.1) is 20.3 Å². The molecule has 10 heteroatoms. The van der Waals surface area contributed by atoms with E-state index in [0.29, 0.717) is 6.42 Å². The Morgan fingerprint density at radius 2 is 1.88 bits per heavy atom. The number of nitrogens with zero attached hydrogens (tertiary/aromatic N) is 1. The first kappa shape index (κ1) is 32.3. The molecule has 1 saturated heterocycles. The molecule has 0 aromatic heterocycles. The first-order valence-electron chi connectivity index (χ1n) is 14.6. The van der Waals surface area contributed by atoms with Crippen molar-refractivity contribution in [2.24, 2.45) is 10.8 Å². The lowest BCUT2D eigenvalue weighted by molar-refractivity contribution is -0.150. The van der Waals surface area contributed by atoms with Gasteiger partial charge in [0.25, 0.3) is 0 Å². The van der Waals surface area contributed by atoms with Crippen LogP contribution in [-0.4, -0.2) is 74.2 Å². The Hall–Kier alpha value is -3.63. The van der Waals surface area contributed by atoms with E-state index in [0.717, 1.165) is 34.1 Å². The van der Waals surface area contributed by atoms with Crippen LogP contribution in [0.4, 0.5) is 4.79 Å². The van der Waals surface area contributed by atoms with Gasteiger partial charge < -0.3 is 34.3 Å². The van der Waals surface area contributed by atoms with E-state index in [2.05, 4.69) is 25.2 Å². The number of benzene rings is 2. The summed E-state index contributed by atoms with van der Waals surface area (Å²) in [4.78, 5) is 41.0. The van der Waals surface area contributed by atoms with Crippen LogP contribution in [0.15, 0.2) is 36.4 Å². The molecule has 2 aromatic carbocycles. The summed E-state index contributed by atoms with van der Waals surface area (Å²) in [5.41, 5.74) is -0.463. The number of fused-ring (bicyclic) bond motifs is 5. The number of rotatable bonds is 5. The molecular formula is C33H44N2O8. The number of amides is 2. The Labute approximate surface area is 253 Å². The van der Waals surface area contributed by atoms with Crippen LogP contribution < -0.4 is 10.1 Å². The molecule has 0 radical (unpaired) electrons. The summed E-state index contributed by atoms with van der Waals surface area (Å²) in [6, 6.07) is 7.59. The Kier molecular flexibility index (Phi) is 9.42. The summed E-state index contributed by atoms with van der Waals surface area (Å²) in [7, 11) is 3.12. The quantitative estimate of drug-likeness (QED) is 0.445. The van der Waals surface area contributed by atoms with E-state index in [1.54, 1.807) is 7.11 Å². The molecule has 2 heterocycles. The van der Waals surface area contributed by atoms with Crippen molar-refractivity contribution in [3.05, 3.63) is 47.5 Å². The van der Waals surface area contributed by atoms with Crippen molar-refractivity contribution < 1.29 is 38.4 Å². The van der Waals surface area contributed by atoms with Gasteiger partial charge in [-0.15, -0.1) is 0 Å². The lowest BCUT2D eigenvalue weighted by atomic mass is 9.85. The Morgan fingerprint density at radius 1 is 1.14 bits per heavy atom. The molecule has 5 bridgehead atoms. The van der Waals surface area contributed by atoms with Crippen molar-refractivity contribution in [2.75, 3.05) is 34.2 Å². The number of nitrogens with one attached hydrogen (secondary N) is 1. The Balaban J connectivity index is 1.89. The topological polar surface area (TPSA) is 124 Å². The minimum absolute atomic E-state index is 0.00223. The zero-order chi connectivity index (χ0) is 31.6. The molecule has 2 aliphatic heterocycles. The first-order chi connectivity index (χ1) is 20.2. The van der Waals surface area contributed by atoms with Gasteiger partial charge >= 0.3 is 12.1 Å². The maximum Gasteiger partial charge on any atom is 0.407 e. The second-order valence-corrected chi connectivity index (χ2v) is 13.3. The minimum atomic E-state index is -1.19. The third kappa shape index (κ3) is 7.13. The summed E-state index contributed by atoms with van der Waals surface area (Å²) < 4.78 is 22.7. The largest absolute Gasteiger partial charge is 0.496 e. The first-order valence-corrected chi connectivity index (χ1v) is 14.6. The molecule has 1 fully saturated rings. The third-order valence-corrected chi connectivity index (χ3v) is 8.42. The summed E-state index contributed by atoms with van der Waals surface area (Å²) in [5.74, 6) is -0.953. The van der Waals surface area contributed by atoms with Crippen LogP contribution in [0.5, 0.6) is 5.75 Å².